The predicted molar refractivity (Wildman–Crippen MR) is 141 cm³/mol. The van der Waals surface area contributed by atoms with Crippen LogP contribution in [0.25, 0.3) is 6.08 Å². The topological polar surface area (TPSA) is 96.2 Å². The number of halogens is 1. The first kappa shape index (κ1) is 26.4. The van der Waals surface area contributed by atoms with Gasteiger partial charge in [0.1, 0.15) is 6.04 Å². The second-order valence-corrected chi connectivity index (χ2v) is 9.47. The number of thiazole rings is 1. The van der Waals surface area contributed by atoms with E-state index in [4.69, 9.17) is 25.8 Å². The summed E-state index contributed by atoms with van der Waals surface area (Å²) in [6, 6.07) is 11.3. The monoisotopic (exact) mass is 540 g/mol. The maximum absolute atomic E-state index is 13.7. The van der Waals surface area contributed by atoms with E-state index < -0.39 is 18.0 Å². The summed E-state index contributed by atoms with van der Waals surface area (Å²) in [6.45, 7) is 7.14. The number of aromatic nitrogens is 1. The Balaban J connectivity index is 1.91. The molecule has 1 unspecified atom stereocenters. The van der Waals surface area contributed by atoms with Gasteiger partial charge in [-0.3, -0.25) is 14.2 Å². The van der Waals surface area contributed by atoms with Gasteiger partial charge in [0.25, 0.3) is 5.56 Å². The summed E-state index contributed by atoms with van der Waals surface area (Å²) in [6.07, 6.45) is 1.68. The van der Waals surface area contributed by atoms with Crippen LogP contribution in [-0.2, 0) is 14.3 Å². The molecule has 0 radical (unpaired) electrons. The summed E-state index contributed by atoms with van der Waals surface area (Å²) in [4.78, 5) is 43.3. The van der Waals surface area contributed by atoms with Crippen LogP contribution < -0.4 is 24.4 Å². The lowest BCUT2D eigenvalue weighted by atomic mass is 9.96. The summed E-state index contributed by atoms with van der Waals surface area (Å²) in [5, 5.41) is 0.413. The van der Waals surface area contributed by atoms with Crippen molar-refractivity contribution in [3.8, 4) is 11.5 Å². The summed E-state index contributed by atoms with van der Waals surface area (Å²) in [7, 11) is 0. The van der Waals surface area contributed by atoms with Crippen molar-refractivity contribution in [1.82, 2.24) is 4.57 Å². The first-order valence-electron chi connectivity index (χ1n) is 11.6. The Morgan fingerprint density at radius 2 is 1.89 bits per heavy atom. The molecule has 37 heavy (non-hydrogen) atoms. The van der Waals surface area contributed by atoms with Gasteiger partial charge >= 0.3 is 11.9 Å². The maximum Gasteiger partial charge on any atom is 0.338 e. The fraction of sp³-hybridized carbons (Fsp3) is 0.259. The van der Waals surface area contributed by atoms with Crippen molar-refractivity contribution in [1.29, 1.82) is 0 Å². The highest BCUT2D eigenvalue weighted by Gasteiger charge is 2.34. The third-order valence-electron chi connectivity index (χ3n) is 5.54. The molecule has 192 valence electrons. The molecule has 8 nitrogen and oxygen atoms in total. The van der Waals surface area contributed by atoms with Gasteiger partial charge in [-0.25, -0.2) is 9.79 Å². The minimum atomic E-state index is -0.803. The third-order valence-corrected chi connectivity index (χ3v) is 6.86. The van der Waals surface area contributed by atoms with Crippen LogP contribution >= 0.6 is 22.9 Å². The first-order valence-corrected chi connectivity index (χ1v) is 12.8. The van der Waals surface area contributed by atoms with E-state index in [9.17, 15) is 14.4 Å². The fourth-order valence-electron chi connectivity index (χ4n) is 4.06. The zero-order valence-electron chi connectivity index (χ0n) is 20.7. The molecule has 10 heteroatoms. The number of hydrogen-bond acceptors (Lipinski definition) is 8. The van der Waals surface area contributed by atoms with Crippen LogP contribution in [0.5, 0.6) is 11.5 Å². The van der Waals surface area contributed by atoms with Gasteiger partial charge in [-0.1, -0.05) is 47.2 Å². The van der Waals surface area contributed by atoms with E-state index in [1.54, 1.807) is 62.4 Å². The van der Waals surface area contributed by atoms with Gasteiger partial charge in [0.2, 0.25) is 0 Å². The average molecular weight is 541 g/mol. The van der Waals surface area contributed by atoms with Crippen LogP contribution in [0.15, 0.2) is 63.5 Å². The van der Waals surface area contributed by atoms with E-state index in [1.807, 2.05) is 6.92 Å². The summed E-state index contributed by atoms with van der Waals surface area (Å²) < 4.78 is 18.0. The molecule has 1 aromatic heterocycles. The average Bonchev–Trinajstić information content (AvgIpc) is 3.14. The van der Waals surface area contributed by atoms with Gasteiger partial charge in [0, 0.05) is 11.9 Å². The van der Waals surface area contributed by atoms with Gasteiger partial charge in [0.05, 0.1) is 29.0 Å². The molecule has 2 heterocycles. The fourth-order valence-corrected chi connectivity index (χ4v) is 5.34. The van der Waals surface area contributed by atoms with Gasteiger partial charge in [-0.15, -0.1) is 0 Å². The molecule has 0 spiro atoms. The smallest absolute Gasteiger partial charge is 0.338 e. The third kappa shape index (κ3) is 5.38. The SMILES string of the molecule is CCOC(=O)C1=C(C)N=c2s/c(=C/c3ccc(OCC)c(OC(C)=O)c3)c(=O)n2C1c1ccccc1Cl. The molecule has 3 aromatic rings. The molecule has 4 rings (SSSR count). The van der Waals surface area contributed by atoms with Crippen molar-refractivity contribution in [2.45, 2.75) is 33.7 Å². The molecule has 0 fully saturated rings. The number of esters is 2. The maximum atomic E-state index is 13.7. The highest BCUT2D eigenvalue weighted by Crippen LogP contribution is 2.34. The molecule has 1 aliphatic rings. The van der Waals surface area contributed by atoms with Crippen LogP contribution in [0.2, 0.25) is 5.02 Å². The van der Waals surface area contributed by atoms with Gasteiger partial charge < -0.3 is 14.2 Å². The van der Waals surface area contributed by atoms with Crippen LogP contribution in [0, 0.1) is 0 Å². The molecular weight excluding hydrogens is 516 g/mol. The molecule has 2 aromatic carbocycles. The van der Waals surface area contributed by atoms with E-state index in [2.05, 4.69) is 4.99 Å². The lowest BCUT2D eigenvalue weighted by Gasteiger charge is -2.25. The lowest BCUT2D eigenvalue weighted by molar-refractivity contribution is -0.139. The lowest BCUT2D eigenvalue weighted by Crippen LogP contribution is -2.40. The Morgan fingerprint density at radius 3 is 2.57 bits per heavy atom. The van der Waals surface area contributed by atoms with Crippen molar-refractivity contribution in [3.05, 3.63) is 89.6 Å². The van der Waals surface area contributed by atoms with Crippen LogP contribution in [0.3, 0.4) is 0 Å². The number of hydrogen-bond donors (Lipinski definition) is 0. The Morgan fingerprint density at radius 1 is 1.14 bits per heavy atom. The van der Waals surface area contributed by atoms with Gasteiger partial charge in [-0.2, -0.15) is 0 Å². The number of nitrogens with zero attached hydrogens (tertiary/aromatic N) is 2. The molecule has 0 bridgehead atoms. The molecule has 0 saturated carbocycles. The molecule has 1 aliphatic heterocycles. The van der Waals surface area contributed by atoms with Crippen molar-refractivity contribution >= 4 is 41.0 Å². The number of ether oxygens (including phenoxy) is 3. The standard InChI is InChI=1S/C27H25ClN2O6S/c1-5-34-20-12-11-17(13-21(20)36-16(4)31)14-22-25(32)30-24(18-9-7-8-10-19(18)28)23(26(33)35-6-2)15(3)29-27(30)37-22/h7-14,24H,5-6H2,1-4H3/b22-14+. The van der Waals surface area contributed by atoms with E-state index in [0.29, 0.717) is 43.5 Å². The van der Waals surface area contributed by atoms with Gasteiger partial charge in [0.15, 0.2) is 16.3 Å². The van der Waals surface area contributed by atoms with Crippen molar-refractivity contribution < 1.29 is 23.8 Å². The molecule has 0 saturated heterocycles. The predicted octanol–water partition coefficient (Wildman–Crippen LogP) is 3.78. The zero-order valence-corrected chi connectivity index (χ0v) is 22.3. The summed E-state index contributed by atoms with van der Waals surface area (Å²) in [5.41, 5.74) is 1.58. The van der Waals surface area contributed by atoms with E-state index in [-0.39, 0.29) is 23.5 Å². The van der Waals surface area contributed by atoms with Crippen molar-refractivity contribution in [2.75, 3.05) is 13.2 Å². The molecule has 0 amide bonds. The Labute approximate surface area is 222 Å². The highest BCUT2D eigenvalue weighted by molar-refractivity contribution is 7.07. The Bertz CT molecular complexity index is 1590. The largest absolute Gasteiger partial charge is 0.490 e. The van der Waals surface area contributed by atoms with E-state index in [0.717, 1.165) is 0 Å². The van der Waals surface area contributed by atoms with Crippen LogP contribution in [-0.4, -0.2) is 29.7 Å². The normalized spacial score (nSPS) is 15.2. The number of carbonyl (C=O) groups is 2. The quantitative estimate of drug-likeness (QED) is 0.334. The number of rotatable bonds is 7. The van der Waals surface area contributed by atoms with E-state index in [1.165, 1.54) is 22.8 Å². The van der Waals surface area contributed by atoms with E-state index >= 15 is 0 Å². The first-order chi connectivity index (χ1) is 17.7. The van der Waals surface area contributed by atoms with Crippen molar-refractivity contribution in [3.63, 3.8) is 0 Å². The highest BCUT2D eigenvalue weighted by atomic mass is 35.5. The van der Waals surface area contributed by atoms with Crippen LogP contribution in [0.4, 0.5) is 0 Å². The number of carbonyl (C=O) groups excluding carboxylic acids is 2. The molecule has 0 aliphatic carbocycles. The number of allylic oxidation sites excluding steroid dienone is 1. The number of fused-ring (bicyclic) bond motifs is 1. The minimum absolute atomic E-state index is 0.178. The molecule has 1 atom stereocenters. The summed E-state index contributed by atoms with van der Waals surface area (Å²) in [5.74, 6) is -0.366. The Hall–Kier alpha value is -3.69. The molecular formula is C27H25ClN2O6S. The Kier molecular flexibility index (Phi) is 7.94. The second-order valence-electron chi connectivity index (χ2n) is 8.06. The number of benzene rings is 2. The summed E-state index contributed by atoms with van der Waals surface area (Å²) >= 11 is 7.71. The second kappa shape index (κ2) is 11.1. The van der Waals surface area contributed by atoms with Crippen molar-refractivity contribution in [2.24, 2.45) is 4.99 Å². The van der Waals surface area contributed by atoms with Gasteiger partial charge in [-0.05, 0) is 56.2 Å². The molecule has 0 N–H and O–H groups in total. The zero-order chi connectivity index (χ0) is 26.7. The van der Waals surface area contributed by atoms with Crippen LogP contribution in [0.1, 0.15) is 44.9 Å². The minimum Gasteiger partial charge on any atom is -0.490 e.